The van der Waals surface area contributed by atoms with E-state index in [9.17, 15) is 9.59 Å². The normalized spacial score (nSPS) is 17.0. The molecule has 0 unspecified atom stereocenters. The van der Waals surface area contributed by atoms with E-state index in [1.807, 2.05) is 30.3 Å². The number of thioether (sulfide) groups is 1. The third-order valence-electron chi connectivity index (χ3n) is 3.70. The summed E-state index contributed by atoms with van der Waals surface area (Å²) in [6, 6.07) is 11.4. The van der Waals surface area contributed by atoms with Crippen LogP contribution in [0.25, 0.3) is 0 Å². The molecule has 23 heavy (non-hydrogen) atoms. The fourth-order valence-electron chi connectivity index (χ4n) is 2.48. The predicted octanol–water partition coefficient (Wildman–Crippen LogP) is 2.58. The van der Waals surface area contributed by atoms with Crippen LogP contribution in [0.2, 0.25) is 0 Å². The largest absolute Gasteiger partial charge is 0.467 e. The lowest BCUT2D eigenvalue weighted by molar-refractivity contribution is -0.118. The van der Waals surface area contributed by atoms with Gasteiger partial charge >= 0.3 is 0 Å². The van der Waals surface area contributed by atoms with Crippen LogP contribution in [0.1, 0.15) is 17.7 Å². The number of nitrogens with one attached hydrogen (secondary N) is 2. The molecular formula is C17H18N2O3S. The van der Waals surface area contributed by atoms with Gasteiger partial charge in [-0.1, -0.05) is 18.2 Å². The highest BCUT2D eigenvalue weighted by Crippen LogP contribution is 2.26. The van der Waals surface area contributed by atoms with Crippen molar-refractivity contribution in [1.29, 1.82) is 0 Å². The van der Waals surface area contributed by atoms with Crippen LogP contribution < -0.4 is 10.6 Å². The van der Waals surface area contributed by atoms with Gasteiger partial charge in [-0.05, 0) is 36.6 Å². The molecule has 0 saturated heterocycles. The Kier molecular flexibility index (Phi) is 5.02. The number of rotatable bonds is 5. The van der Waals surface area contributed by atoms with E-state index in [2.05, 4.69) is 10.6 Å². The van der Waals surface area contributed by atoms with Crippen molar-refractivity contribution in [3.63, 3.8) is 0 Å². The van der Waals surface area contributed by atoms with Crippen LogP contribution in [0.15, 0.2) is 47.1 Å². The highest BCUT2D eigenvalue weighted by atomic mass is 32.2. The van der Waals surface area contributed by atoms with Crippen molar-refractivity contribution in [2.75, 3.05) is 11.1 Å². The number of benzene rings is 1. The number of carbonyl (C=O) groups is 2. The summed E-state index contributed by atoms with van der Waals surface area (Å²) < 4.78 is 5.16. The van der Waals surface area contributed by atoms with Crippen LogP contribution in [0.5, 0.6) is 0 Å². The van der Waals surface area contributed by atoms with Gasteiger partial charge < -0.3 is 15.1 Å². The number of para-hydroxylation sites is 1. The second-order valence-electron chi connectivity index (χ2n) is 5.34. The molecule has 0 spiro atoms. The van der Waals surface area contributed by atoms with Crippen molar-refractivity contribution >= 4 is 29.3 Å². The molecule has 0 radical (unpaired) electrons. The van der Waals surface area contributed by atoms with Crippen LogP contribution in [-0.4, -0.2) is 22.8 Å². The second kappa shape index (κ2) is 7.37. The molecule has 0 aliphatic carbocycles. The Balaban J connectivity index is 1.48. The Morgan fingerprint density at radius 3 is 3.00 bits per heavy atom. The highest BCUT2D eigenvalue weighted by Gasteiger charge is 2.24. The summed E-state index contributed by atoms with van der Waals surface area (Å²) in [7, 11) is 0. The molecule has 6 heteroatoms. The van der Waals surface area contributed by atoms with Crippen LogP contribution in [0, 0.1) is 0 Å². The van der Waals surface area contributed by atoms with Gasteiger partial charge in [-0.2, -0.15) is 0 Å². The first kappa shape index (κ1) is 15.7. The van der Waals surface area contributed by atoms with Crippen molar-refractivity contribution in [2.24, 2.45) is 0 Å². The molecular weight excluding hydrogens is 312 g/mol. The van der Waals surface area contributed by atoms with Gasteiger partial charge in [0.1, 0.15) is 5.76 Å². The van der Waals surface area contributed by atoms with Gasteiger partial charge in [-0.3, -0.25) is 9.59 Å². The lowest BCUT2D eigenvalue weighted by Crippen LogP contribution is -2.29. The number of hydrogen-bond acceptors (Lipinski definition) is 4. The van der Waals surface area contributed by atoms with Gasteiger partial charge in [0.15, 0.2) is 0 Å². The zero-order chi connectivity index (χ0) is 16.1. The first-order valence-corrected chi connectivity index (χ1v) is 8.57. The molecule has 2 heterocycles. The summed E-state index contributed by atoms with van der Waals surface area (Å²) >= 11 is 1.38. The number of amides is 2. The minimum atomic E-state index is -0.211. The standard InChI is InChI=1S/C17H18N2O3S/c20-16(18-10-13-5-3-9-22-13)11-23-15-8-7-12-4-1-2-6-14(12)19-17(15)21/h1-6,9,15H,7-8,10-11H2,(H,18,20)(H,19,21)/t15-/m0/s1. The smallest absolute Gasteiger partial charge is 0.237 e. The Hall–Kier alpha value is -2.21. The fraction of sp³-hybridized carbons (Fsp3) is 0.294. The predicted molar refractivity (Wildman–Crippen MR) is 90.2 cm³/mol. The molecule has 1 aliphatic heterocycles. The van der Waals surface area contributed by atoms with Crippen LogP contribution >= 0.6 is 11.8 Å². The maximum Gasteiger partial charge on any atom is 0.237 e. The van der Waals surface area contributed by atoms with Crippen molar-refractivity contribution in [1.82, 2.24) is 5.32 Å². The minimum Gasteiger partial charge on any atom is -0.467 e. The molecule has 2 aromatic rings. The van der Waals surface area contributed by atoms with Crippen LogP contribution in [0.3, 0.4) is 0 Å². The van der Waals surface area contributed by atoms with E-state index < -0.39 is 0 Å². The number of hydrogen-bond donors (Lipinski definition) is 2. The summed E-state index contributed by atoms with van der Waals surface area (Å²) in [6.07, 6.45) is 3.14. The maximum absolute atomic E-state index is 12.3. The third kappa shape index (κ3) is 4.16. The summed E-state index contributed by atoms with van der Waals surface area (Å²) in [5, 5.41) is 5.52. The zero-order valence-corrected chi connectivity index (χ0v) is 13.4. The lowest BCUT2D eigenvalue weighted by Gasteiger charge is -2.12. The van der Waals surface area contributed by atoms with Gasteiger partial charge in [-0.25, -0.2) is 0 Å². The average molecular weight is 330 g/mol. The highest BCUT2D eigenvalue weighted by molar-refractivity contribution is 8.01. The molecule has 1 atom stereocenters. The number of carbonyl (C=O) groups excluding carboxylic acids is 2. The molecule has 0 bridgehead atoms. The summed E-state index contributed by atoms with van der Waals surface area (Å²) in [5.74, 6) is 0.848. The number of aryl methyl sites for hydroxylation is 1. The van der Waals surface area contributed by atoms with Crippen molar-refractivity contribution in [2.45, 2.75) is 24.6 Å². The molecule has 2 amide bonds. The third-order valence-corrected chi connectivity index (χ3v) is 4.98. The molecule has 0 saturated carbocycles. The molecule has 5 nitrogen and oxygen atoms in total. The topological polar surface area (TPSA) is 71.3 Å². The van der Waals surface area contributed by atoms with Gasteiger partial charge in [0.25, 0.3) is 0 Å². The average Bonchev–Trinajstić information content (AvgIpc) is 3.02. The number of anilines is 1. The Morgan fingerprint density at radius 2 is 2.17 bits per heavy atom. The van der Waals surface area contributed by atoms with E-state index in [4.69, 9.17) is 4.42 Å². The lowest BCUT2D eigenvalue weighted by atomic mass is 10.1. The van der Waals surface area contributed by atoms with Crippen LogP contribution in [0.4, 0.5) is 5.69 Å². The Bertz CT molecular complexity index is 685. The van der Waals surface area contributed by atoms with E-state index in [0.717, 1.165) is 24.1 Å². The van der Waals surface area contributed by atoms with Crippen LogP contribution in [-0.2, 0) is 22.6 Å². The molecule has 1 aromatic carbocycles. The summed E-state index contributed by atoms with van der Waals surface area (Å²) in [5.41, 5.74) is 2.02. The van der Waals surface area contributed by atoms with E-state index in [-0.39, 0.29) is 22.8 Å². The first-order valence-electron chi connectivity index (χ1n) is 7.52. The second-order valence-corrected chi connectivity index (χ2v) is 6.53. The van der Waals surface area contributed by atoms with Crippen molar-refractivity contribution < 1.29 is 14.0 Å². The Morgan fingerprint density at radius 1 is 1.30 bits per heavy atom. The summed E-state index contributed by atoms with van der Waals surface area (Å²) in [6.45, 7) is 0.370. The molecule has 0 fully saturated rings. The molecule has 3 rings (SSSR count). The monoisotopic (exact) mass is 330 g/mol. The SMILES string of the molecule is O=C(CS[C@H]1CCc2ccccc2NC1=O)NCc1ccco1. The molecule has 1 aromatic heterocycles. The summed E-state index contributed by atoms with van der Waals surface area (Å²) in [4.78, 5) is 24.1. The zero-order valence-electron chi connectivity index (χ0n) is 12.6. The molecule has 2 N–H and O–H groups in total. The van der Waals surface area contributed by atoms with Crippen molar-refractivity contribution in [3.8, 4) is 0 Å². The minimum absolute atomic E-state index is 0.0289. The fourth-order valence-corrected chi connectivity index (χ4v) is 3.43. The van der Waals surface area contributed by atoms with E-state index in [1.54, 1.807) is 12.3 Å². The van der Waals surface area contributed by atoms with E-state index >= 15 is 0 Å². The van der Waals surface area contributed by atoms with E-state index in [0.29, 0.717) is 12.3 Å². The number of furan rings is 1. The first-order chi connectivity index (χ1) is 11.2. The molecule has 1 aliphatic rings. The van der Waals surface area contributed by atoms with Gasteiger partial charge in [0.2, 0.25) is 11.8 Å². The van der Waals surface area contributed by atoms with Gasteiger partial charge in [0.05, 0.1) is 23.8 Å². The van der Waals surface area contributed by atoms with Crippen molar-refractivity contribution in [3.05, 3.63) is 54.0 Å². The number of fused-ring (bicyclic) bond motifs is 1. The van der Waals surface area contributed by atoms with E-state index in [1.165, 1.54) is 11.8 Å². The molecule has 120 valence electrons. The van der Waals surface area contributed by atoms with Gasteiger partial charge in [-0.15, -0.1) is 11.8 Å². The maximum atomic E-state index is 12.3. The quantitative estimate of drug-likeness (QED) is 0.884. The van der Waals surface area contributed by atoms with Gasteiger partial charge in [0, 0.05) is 5.69 Å². The Labute approximate surface area is 138 Å².